The Kier molecular flexibility index (Phi) is 4.74. The second kappa shape index (κ2) is 6.44. The summed E-state index contributed by atoms with van der Waals surface area (Å²) in [5, 5.41) is 0. The first-order chi connectivity index (χ1) is 10.9. The molecule has 3 rings (SSSR count). The van der Waals surface area contributed by atoms with Gasteiger partial charge in [0.2, 0.25) is 5.91 Å². The van der Waals surface area contributed by atoms with Crippen LogP contribution in [0.15, 0.2) is 18.2 Å². The summed E-state index contributed by atoms with van der Waals surface area (Å²) in [6.07, 6.45) is -1.50. The number of rotatable bonds is 4. The van der Waals surface area contributed by atoms with Crippen molar-refractivity contribution in [1.29, 1.82) is 0 Å². The smallest absolute Gasteiger partial charge is 0.415 e. The van der Waals surface area contributed by atoms with Crippen molar-refractivity contribution in [2.75, 3.05) is 23.0 Å². The van der Waals surface area contributed by atoms with Gasteiger partial charge in [-0.2, -0.15) is 0 Å². The van der Waals surface area contributed by atoms with E-state index in [-0.39, 0.29) is 25.0 Å². The predicted octanol–water partition coefficient (Wildman–Crippen LogP) is 0.906. The summed E-state index contributed by atoms with van der Waals surface area (Å²) in [7, 11) is 0. The number of benzene rings is 1. The van der Waals surface area contributed by atoms with Crippen LogP contribution in [0, 0.1) is 0 Å². The molecule has 1 fully saturated rings. The monoisotopic (exact) mass is 338 g/mol. The minimum absolute atomic E-state index is 0. The van der Waals surface area contributed by atoms with E-state index in [9.17, 15) is 18.8 Å². The molecule has 2 aliphatic rings. The lowest BCUT2D eigenvalue weighted by atomic mass is 10.1. The maximum absolute atomic E-state index is 12.9. The summed E-state index contributed by atoms with van der Waals surface area (Å²) in [6, 6.07) is 4.46. The molecule has 1 aromatic carbocycles. The van der Waals surface area contributed by atoms with Gasteiger partial charge in [-0.1, -0.05) is 0 Å². The van der Waals surface area contributed by atoms with E-state index >= 15 is 0 Å². The molecule has 0 bridgehead atoms. The fourth-order valence-electron chi connectivity index (χ4n) is 2.87. The lowest BCUT2D eigenvalue weighted by molar-refractivity contribution is -0.124. The molecule has 2 heterocycles. The van der Waals surface area contributed by atoms with E-state index in [0.29, 0.717) is 16.9 Å². The van der Waals surface area contributed by atoms with Crippen molar-refractivity contribution in [3.05, 3.63) is 23.8 Å². The molecule has 130 valence electrons. The number of halogens is 1. The Labute approximate surface area is 137 Å². The van der Waals surface area contributed by atoms with Crippen LogP contribution in [0.2, 0.25) is 0 Å². The van der Waals surface area contributed by atoms with Crippen LogP contribution < -0.4 is 21.7 Å². The third kappa shape index (κ3) is 2.78. The van der Waals surface area contributed by atoms with Crippen LogP contribution in [-0.4, -0.2) is 43.3 Å². The average molecular weight is 338 g/mol. The second-order valence-corrected chi connectivity index (χ2v) is 5.64. The molecule has 0 aromatic heterocycles. The Morgan fingerprint density at radius 3 is 2.75 bits per heavy atom. The molecule has 24 heavy (non-hydrogen) atoms. The highest BCUT2D eigenvalue weighted by Crippen LogP contribution is 2.34. The molecular weight excluding hydrogens is 319 g/mol. The van der Waals surface area contributed by atoms with Crippen LogP contribution in [0.3, 0.4) is 0 Å². The third-order valence-corrected chi connectivity index (χ3v) is 4.04. The van der Waals surface area contributed by atoms with Gasteiger partial charge in [-0.3, -0.25) is 14.5 Å². The first-order valence-corrected chi connectivity index (χ1v) is 7.20. The Morgan fingerprint density at radius 2 is 2.17 bits per heavy atom. The molecule has 2 atom stereocenters. The van der Waals surface area contributed by atoms with Crippen molar-refractivity contribution in [1.82, 2.24) is 6.15 Å². The van der Waals surface area contributed by atoms with Crippen molar-refractivity contribution >= 4 is 29.3 Å². The highest BCUT2D eigenvalue weighted by molar-refractivity contribution is 6.03. The second-order valence-electron chi connectivity index (χ2n) is 5.64. The van der Waals surface area contributed by atoms with Crippen molar-refractivity contribution in [3.8, 4) is 0 Å². The van der Waals surface area contributed by atoms with Crippen molar-refractivity contribution in [2.45, 2.75) is 25.5 Å². The lowest BCUT2D eigenvalue weighted by Crippen LogP contribution is -2.37. The Morgan fingerprint density at radius 1 is 1.46 bits per heavy atom. The molecule has 9 heteroatoms. The molecule has 0 radical (unpaired) electrons. The van der Waals surface area contributed by atoms with Crippen LogP contribution in [-0.2, 0) is 20.7 Å². The summed E-state index contributed by atoms with van der Waals surface area (Å²) in [5.74, 6) is -0.888. The zero-order valence-electron chi connectivity index (χ0n) is 13.2. The number of carbonyl (C=O) groups is 3. The molecule has 5 N–H and O–H groups in total. The van der Waals surface area contributed by atoms with Crippen molar-refractivity contribution in [2.24, 2.45) is 5.73 Å². The highest BCUT2D eigenvalue weighted by Gasteiger charge is 2.37. The number of cyclic esters (lactones) is 1. The van der Waals surface area contributed by atoms with Crippen molar-refractivity contribution < 1.29 is 23.5 Å². The number of ether oxygens (including phenoxy) is 1. The van der Waals surface area contributed by atoms with E-state index in [4.69, 9.17) is 10.5 Å². The molecular formula is C15H19FN4O4. The fraction of sp³-hybridized carbons (Fsp3) is 0.400. The van der Waals surface area contributed by atoms with Gasteiger partial charge in [0.25, 0.3) is 5.91 Å². The Hall–Kier alpha value is -2.68. The van der Waals surface area contributed by atoms with E-state index < -0.39 is 30.8 Å². The van der Waals surface area contributed by atoms with Gasteiger partial charge in [-0.15, -0.1) is 0 Å². The summed E-state index contributed by atoms with van der Waals surface area (Å²) in [4.78, 5) is 37.8. The van der Waals surface area contributed by atoms with Gasteiger partial charge in [0.1, 0.15) is 6.67 Å². The molecule has 0 aliphatic carbocycles. The summed E-state index contributed by atoms with van der Waals surface area (Å²) < 4.78 is 17.8. The molecule has 8 nitrogen and oxygen atoms in total. The van der Waals surface area contributed by atoms with Crippen LogP contribution in [0.5, 0.6) is 0 Å². The van der Waals surface area contributed by atoms with Gasteiger partial charge in [0.05, 0.1) is 19.0 Å². The van der Waals surface area contributed by atoms with Gasteiger partial charge >= 0.3 is 6.09 Å². The Bertz CT molecular complexity index is 696. The number of fused-ring (bicyclic) bond motifs is 1. The summed E-state index contributed by atoms with van der Waals surface area (Å²) in [5.41, 5.74) is 7.01. The SMILES string of the molecule is CC(CF)N1C(=O)Cc2cc(N3C[C@H](C(N)=O)OC3=O)ccc21.N. The van der Waals surface area contributed by atoms with Crippen LogP contribution in [0.1, 0.15) is 12.5 Å². The summed E-state index contributed by atoms with van der Waals surface area (Å²) in [6.45, 7) is 1.04. The largest absolute Gasteiger partial charge is 0.434 e. The number of hydrogen-bond donors (Lipinski definition) is 2. The number of nitrogens with two attached hydrogens (primary N) is 1. The zero-order valence-corrected chi connectivity index (χ0v) is 13.2. The zero-order chi connectivity index (χ0) is 16.7. The fourth-order valence-corrected chi connectivity index (χ4v) is 2.87. The van der Waals surface area contributed by atoms with Crippen LogP contribution in [0.4, 0.5) is 20.6 Å². The minimum atomic E-state index is -0.986. The van der Waals surface area contributed by atoms with Gasteiger partial charge < -0.3 is 21.5 Å². The van der Waals surface area contributed by atoms with E-state index in [1.807, 2.05) is 0 Å². The molecule has 3 amide bonds. The number of alkyl halides is 1. The number of amides is 3. The number of carbonyl (C=O) groups excluding carboxylic acids is 3. The predicted molar refractivity (Wildman–Crippen MR) is 84.9 cm³/mol. The first kappa shape index (κ1) is 17.7. The molecule has 1 unspecified atom stereocenters. The van der Waals surface area contributed by atoms with Gasteiger partial charge in [0, 0.05) is 11.4 Å². The van der Waals surface area contributed by atoms with Crippen LogP contribution in [0.25, 0.3) is 0 Å². The van der Waals surface area contributed by atoms with Gasteiger partial charge in [0.15, 0.2) is 6.10 Å². The quantitative estimate of drug-likeness (QED) is 0.843. The van der Waals surface area contributed by atoms with E-state index in [1.165, 1.54) is 9.80 Å². The minimum Gasteiger partial charge on any atom is -0.434 e. The van der Waals surface area contributed by atoms with Gasteiger partial charge in [-0.25, -0.2) is 9.18 Å². The van der Waals surface area contributed by atoms with E-state index in [0.717, 1.165) is 0 Å². The van der Waals surface area contributed by atoms with Gasteiger partial charge in [-0.05, 0) is 30.7 Å². The topological polar surface area (TPSA) is 128 Å². The van der Waals surface area contributed by atoms with Crippen LogP contribution >= 0.6 is 0 Å². The molecule has 0 spiro atoms. The number of hydrogen-bond acceptors (Lipinski definition) is 5. The number of anilines is 2. The number of nitrogens with zero attached hydrogens (tertiary/aromatic N) is 2. The first-order valence-electron chi connectivity index (χ1n) is 7.20. The van der Waals surface area contributed by atoms with E-state index in [2.05, 4.69) is 0 Å². The average Bonchev–Trinajstić information content (AvgIpc) is 3.05. The molecule has 2 aliphatic heterocycles. The molecule has 1 saturated heterocycles. The normalized spacial score (nSPS) is 20.5. The lowest BCUT2D eigenvalue weighted by Gasteiger charge is -2.23. The summed E-state index contributed by atoms with van der Waals surface area (Å²) >= 11 is 0. The highest BCUT2D eigenvalue weighted by atomic mass is 19.1. The number of primary amides is 1. The standard InChI is InChI=1S/C15H16FN3O4.H3N/c1-8(6-16)19-11-3-2-10(4-9(11)5-13(19)20)18-7-12(14(17)21)23-15(18)22;/h2-4,8,12H,5-7H2,1H3,(H2,17,21);1H3/t8?,12-;/m1./s1. The molecule has 0 saturated carbocycles. The maximum atomic E-state index is 12.9. The Balaban J connectivity index is 0.00000208. The van der Waals surface area contributed by atoms with Crippen molar-refractivity contribution in [3.63, 3.8) is 0 Å². The molecule has 1 aromatic rings. The maximum Gasteiger partial charge on any atom is 0.415 e. The third-order valence-electron chi connectivity index (χ3n) is 4.04. The van der Waals surface area contributed by atoms with E-state index in [1.54, 1.807) is 25.1 Å².